The van der Waals surface area contributed by atoms with E-state index in [0.29, 0.717) is 12.8 Å². The lowest BCUT2D eigenvalue weighted by atomic mass is 9.96. The third-order valence-corrected chi connectivity index (χ3v) is 5.97. The number of nitrogens with zero attached hydrogens (tertiary/aromatic N) is 1. The summed E-state index contributed by atoms with van der Waals surface area (Å²) in [5, 5.41) is 21.5. The highest BCUT2D eigenvalue weighted by atomic mass is 35.5. The van der Waals surface area contributed by atoms with E-state index in [-0.39, 0.29) is 6.61 Å². The molecular weight excluding hydrogens is 306 g/mol. The van der Waals surface area contributed by atoms with Gasteiger partial charge >= 0.3 is 0 Å². The average Bonchev–Trinajstić information content (AvgIpc) is 2.68. The van der Waals surface area contributed by atoms with E-state index in [9.17, 15) is 10.2 Å². The topological polar surface area (TPSA) is 43.7 Å². The van der Waals surface area contributed by atoms with Crippen LogP contribution < -0.4 is 0 Å². The molecule has 0 radical (unpaired) electrons. The molecule has 0 amide bonds. The van der Waals surface area contributed by atoms with Gasteiger partial charge in [-0.1, -0.05) is 29.8 Å². The molecule has 0 bridgehead atoms. The van der Waals surface area contributed by atoms with Gasteiger partial charge in [0, 0.05) is 28.1 Å². The lowest BCUT2D eigenvalue weighted by Crippen LogP contribution is -2.34. The number of aliphatic hydroxyl groups is 2. The van der Waals surface area contributed by atoms with Crippen molar-refractivity contribution in [1.82, 2.24) is 4.90 Å². The lowest BCUT2D eigenvalue weighted by molar-refractivity contribution is -0.0255. The van der Waals surface area contributed by atoms with Crippen LogP contribution in [0.4, 0.5) is 0 Å². The molecule has 3 nitrogen and oxygen atoms in total. The summed E-state index contributed by atoms with van der Waals surface area (Å²) < 4.78 is 1.22. The molecule has 5 heteroatoms. The fourth-order valence-electron chi connectivity index (χ4n) is 2.92. The van der Waals surface area contributed by atoms with E-state index >= 15 is 0 Å². The monoisotopic (exact) mass is 325 g/mol. The zero-order valence-electron chi connectivity index (χ0n) is 11.9. The van der Waals surface area contributed by atoms with Crippen LogP contribution in [0.5, 0.6) is 0 Å². The molecule has 1 saturated heterocycles. The molecule has 1 aliphatic rings. The quantitative estimate of drug-likeness (QED) is 0.910. The van der Waals surface area contributed by atoms with Crippen LogP contribution in [0.1, 0.15) is 24.1 Å². The minimum atomic E-state index is -0.904. The molecule has 1 aromatic carbocycles. The van der Waals surface area contributed by atoms with Crippen LogP contribution in [-0.2, 0) is 6.54 Å². The summed E-state index contributed by atoms with van der Waals surface area (Å²) in [7, 11) is 0. The van der Waals surface area contributed by atoms with Crippen LogP contribution in [0, 0.1) is 0 Å². The van der Waals surface area contributed by atoms with Gasteiger partial charge in [0.1, 0.15) is 0 Å². The minimum Gasteiger partial charge on any atom is -0.393 e. The van der Waals surface area contributed by atoms with Gasteiger partial charge in [-0.25, -0.2) is 0 Å². The molecule has 0 spiro atoms. The van der Waals surface area contributed by atoms with Crippen molar-refractivity contribution in [3.05, 3.63) is 34.2 Å². The van der Waals surface area contributed by atoms with Gasteiger partial charge in [-0.2, -0.15) is 0 Å². The van der Waals surface area contributed by atoms with Crippen molar-refractivity contribution >= 4 is 33.0 Å². The Hall–Kier alpha value is -0.650. The van der Waals surface area contributed by atoms with Crippen molar-refractivity contribution in [2.45, 2.75) is 31.4 Å². The molecule has 1 fully saturated rings. The number of hydrogen-bond donors (Lipinski definition) is 2. The van der Waals surface area contributed by atoms with Gasteiger partial charge in [0.2, 0.25) is 0 Å². The molecule has 0 aliphatic carbocycles. The van der Waals surface area contributed by atoms with Gasteiger partial charge in [-0.3, -0.25) is 4.90 Å². The Morgan fingerprint density at radius 2 is 2.05 bits per heavy atom. The van der Waals surface area contributed by atoms with E-state index in [1.54, 1.807) is 11.3 Å². The molecule has 0 saturated carbocycles. The average molecular weight is 326 g/mol. The SMILES string of the molecule is OC[C@@]1(O)CCCN(Cc2sc3ccccc3c2Cl)CC1. The number of halogens is 1. The van der Waals surface area contributed by atoms with Crippen molar-refractivity contribution in [2.24, 2.45) is 0 Å². The van der Waals surface area contributed by atoms with Crippen molar-refractivity contribution in [3.63, 3.8) is 0 Å². The van der Waals surface area contributed by atoms with Crippen LogP contribution in [-0.4, -0.2) is 40.4 Å². The van der Waals surface area contributed by atoms with E-state index in [1.807, 2.05) is 12.1 Å². The summed E-state index contributed by atoms with van der Waals surface area (Å²) in [4.78, 5) is 3.51. The molecule has 1 aromatic heterocycles. The number of thiophene rings is 1. The molecule has 21 heavy (non-hydrogen) atoms. The van der Waals surface area contributed by atoms with Gasteiger partial charge in [0.05, 0.1) is 17.2 Å². The van der Waals surface area contributed by atoms with E-state index < -0.39 is 5.60 Å². The normalized spacial score (nSPS) is 24.3. The smallest absolute Gasteiger partial charge is 0.0890 e. The second kappa shape index (κ2) is 6.23. The lowest BCUT2D eigenvalue weighted by Gasteiger charge is -2.24. The number of likely N-dealkylation sites (tertiary alicyclic amines) is 1. The second-order valence-electron chi connectivity index (χ2n) is 5.85. The first-order valence-corrected chi connectivity index (χ1v) is 8.52. The number of fused-ring (bicyclic) bond motifs is 1. The van der Waals surface area contributed by atoms with Gasteiger partial charge in [-0.15, -0.1) is 11.3 Å². The van der Waals surface area contributed by atoms with Crippen molar-refractivity contribution < 1.29 is 10.2 Å². The summed E-state index contributed by atoms with van der Waals surface area (Å²) in [6.07, 6.45) is 2.19. The van der Waals surface area contributed by atoms with Crippen LogP contribution in [0.15, 0.2) is 24.3 Å². The number of hydrogen-bond acceptors (Lipinski definition) is 4. The second-order valence-corrected chi connectivity index (χ2v) is 7.36. The first-order valence-electron chi connectivity index (χ1n) is 7.33. The van der Waals surface area contributed by atoms with Crippen LogP contribution >= 0.6 is 22.9 Å². The Morgan fingerprint density at radius 1 is 1.24 bits per heavy atom. The van der Waals surface area contributed by atoms with Crippen molar-refractivity contribution in [1.29, 1.82) is 0 Å². The zero-order valence-corrected chi connectivity index (χ0v) is 13.5. The first-order chi connectivity index (χ1) is 10.1. The van der Waals surface area contributed by atoms with Gasteiger partial charge in [0.15, 0.2) is 0 Å². The van der Waals surface area contributed by atoms with Crippen LogP contribution in [0.2, 0.25) is 5.02 Å². The zero-order chi connectivity index (χ0) is 14.9. The first kappa shape index (κ1) is 15.3. The molecule has 114 valence electrons. The fraction of sp³-hybridized carbons (Fsp3) is 0.500. The molecule has 2 heterocycles. The minimum absolute atomic E-state index is 0.148. The molecule has 2 N–H and O–H groups in total. The Labute approximate surface area is 133 Å². The molecule has 1 aliphatic heterocycles. The standard InChI is InChI=1S/C16H20ClNO2S/c17-15-12-4-1-2-5-13(12)21-14(15)10-18-8-3-6-16(20,11-19)7-9-18/h1-2,4-5,19-20H,3,6-11H2/t16-/m1/s1. The number of rotatable bonds is 3. The Balaban J connectivity index is 1.75. The fourth-order valence-corrected chi connectivity index (χ4v) is 4.46. The highest BCUT2D eigenvalue weighted by Gasteiger charge is 2.29. The van der Waals surface area contributed by atoms with Crippen molar-refractivity contribution in [3.8, 4) is 0 Å². The van der Waals surface area contributed by atoms with Gasteiger partial charge in [-0.05, 0) is 31.9 Å². The molecule has 0 unspecified atom stereocenters. The molecule has 1 atom stereocenters. The number of benzene rings is 1. The Kier molecular flexibility index (Phi) is 4.52. The van der Waals surface area contributed by atoms with E-state index in [0.717, 1.165) is 36.5 Å². The third-order valence-electron chi connectivity index (χ3n) is 4.27. The Morgan fingerprint density at radius 3 is 2.81 bits per heavy atom. The summed E-state index contributed by atoms with van der Waals surface area (Å²) in [5.41, 5.74) is -0.904. The molecule has 2 aromatic rings. The summed E-state index contributed by atoms with van der Waals surface area (Å²) in [6.45, 7) is 2.40. The summed E-state index contributed by atoms with van der Waals surface area (Å²) in [5.74, 6) is 0. The van der Waals surface area contributed by atoms with E-state index in [2.05, 4.69) is 17.0 Å². The van der Waals surface area contributed by atoms with Crippen LogP contribution in [0.3, 0.4) is 0 Å². The highest BCUT2D eigenvalue weighted by molar-refractivity contribution is 7.19. The maximum Gasteiger partial charge on any atom is 0.0890 e. The van der Waals surface area contributed by atoms with Crippen LogP contribution in [0.25, 0.3) is 10.1 Å². The Bertz CT molecular complexity index is 630. The number of aliphatic hydroxyl groups excluding tert-OH is 1. The van der Waals surface area contributed by atoms with Gasteiger partial charge < -0.3 is 10.2 Å². The van der Waals surface area contributed by atoms with Crippen molar-refractivity contribution in [2.75, 3.05) is 19.7 Å². The molecule has 3 rings (SSSR count). The van der Waals surface area contributed by atoms with E-state index in [4.69, 9.17) is 11.6 Å². The molecular formula is C16H20ClNO2S. The van der Waals surface area contributed by atoms with Gasteiger partial charge in [0.25, 0.3) is 0 Å². The largest absolute Gasteiger partial charge is 0.393 e. The third kappa shape index (κ3) is 3.25. The van der Waals surface area contributed by atoms with E-state index in [1.165, 1.54) is 9.58 Å². The predicted octanol–water partition coefficient (Wildman–Crippen LogP) is 3.26. The maximum absolute atomic E-state index is 10.2. The summed E-state index contributed by atoms with van der Waals surface area (Å²) in [6, 6.07) is 8.21. The maximum atomic E-state index is 10.2. The highest BCUT2D eigenvalue weighted by Crippen LogP contribution is 2.36. The summed E-state index contributed by atoms with van der Waals surface area (Å²) >= 11 is 8.24. The predicted molar refractivity (Wildman–Crippen MR) is 88.0 cm³/mol.